The van der Waals surface area contributed by atoms with Gasteiger partial charge in [0.05, 0.1) is 0 Å². The highest BCUT2D eigenvalue weighted by Crippen LogP contribution is 2.11. The van der Waals surface area contributed by atoms with Crippen molar-refractivity contribution < 1.29 is 9.53 Å². The molecule has 0 atom stereocenters. The molecule has 0 amide bonds. The fourth-order valence-electron chi connectivity index (χ4n) is 1.72. The molecule has 0 aromatic rings. The first-order chi connectivity index (χ1) is 9.82. The van der Waals surface area contributed by atoms with E-state index in [1.807, 2.05) is 6.08 Å². The molecule has 2 heteroatoms. The summed E-state index contributed by atoms with van der Waals surface area (Å²) in [6.45, 7) is 14.1. The van der Waals surface area contributed by atoms with E-state index in [4.69, 9.17) is 4.74 Å². The molecule has 0 unspecified atom stereocenters. The van der Waals surface area contributed by atoms with Crippen LogP contribution in [0.25, 0.3) is 0 Å². The van der Waals surface area contributed by atoms with Crippen molar-refractivity contribution >= 4 is 5.97 Å². The van der Waals surface area contributed by atoms with Crippen LogP contribution in [0.3, 0.4) is 0 Å². The Labute approximate surface area is 130 Å². The van der Waals surface area contributed by atoms with Gasteiger partial charge in [-0.05, 0) is 66.4 Å². The first kappa shape index (κ1) is 19.4. The fourth-order valence-corrected chi connectivity index (χ4v) is 1.72. The van der Waals surface area contributed by atoms with Gasteiger partial charge in [-0.1, -0.05) is 35.5 Å². The lowest BCUT2D eigenvalue weighted by Crippen LogP contribution is -2.04. The summed E-state index contributed by atoms with van der Waals surface area (Å²) in [5.74, 6) is -0.325. The van der Waals surface area contributed by atoms with Crippen molar-refractivity contribution in [2.45, 2.75) is 60.3 Å². The average Bonchev–Trinajstić information content (AvgIpc) is 2.37. The Morgan fingerprint density at radius 3 is 1.95 bits per heavy atom. The van der Waals surface area contributed by atoms with Gasteiger partial charge in [-0.25, -0.2) is 4.79 Å². The van der Waals surface area contributed by atoms with Gasteiger partial charge in [-0.3, -0.25) is 0 Å². The molecule has 0 N–H and O–H groups in total. The average molecular weight is 290 g/mol. The summed E-state index contributed by atoms with van der Waals surface area (Å²) < 4.78 is 5.04. The number of rotatable bonds is 9. The van der Waals surface area contributed by atoms with Crippen LogP contribution in [0.1, 0.15) is 60.3 Å². The Bertz CT molecular complexity index is 432. The van der Waals surface area contributed by atoms with E-state index in [-0.39, 0.29) is 5.97 Å². The molecular formula is C19H30O2. The second kappa shape index (κ2) is 11.1. The predicted octanol–water partition coefficient (Wildman–Crippen LogP) is 5.52. The maximum Gasteiger partial charge on any atom is 0.333 e. The Balaban J connectivity index is 3.96. The number of hydrogen-bond donors (Lipinski definition) is 0. The minimum absolute atomic E-state index is 0.325. The molecule has 0 radical (unpaired) electrons. The molecule has 0 spiro atoms. The van der Waals surface area contributed by atoms with Gasteiger partial charge in [0.1, 0.15) is 6.61 Å². The van der Waals surface area contributed by atoms with Crippen LogP contribution in [-0.2, 0) is 9.53 Å². The number of hydrogen-bond acceptors (Lipinski definition) is 2. The zero-order valence-corrected chi connectivity index (χ0v) is 14.3. The number of ether oxygens (including phenoxy) is 1. The van der Waals surface area contributed by atoms with Gasteiger partial charge in [-0.15, -0.1) is 0 Å². The maximum atomic E-state index is 11.2. The molecule has 21 heavy (non-hydrogen) atoms. The van der Waals surface area contributed by atoms with Gasteiger partial charge in [0.2, 0.25) is 0 Å². The lowest BCUT2D eigenvalue weighted by molar-refractivity contribution is -0.137. The number of allylic oxidation sites excluding steroid dienone is 5. The lowest BCUT2D eigenvalue weighted by atomic mass is 10.1. The number of esters is 1. The van der Waals surface area contributed by atoms with Crippen molar-refractivity contribution in [3.8, 4) is 0 Å². The SMILES string of the molecule is C=C(C)C(=O)OC/C=C(\C)CC/C=C(\C)CCC=C(C)C. The molecule has 0 saturated heterocycles. The van der Waals surface area contributed by atoms with Crippen molar-refractivity contribution in [3.63, 3.8) is 0 Å². The molecule has 0 bridgehead atoms. The van der Waals surface area contributed by atoms with Crippen molar-refractivity contribution in [1.29, 1.82) is 0 Å². The molecule has 0 aliphatic heterocycles. The quantitative estimate of drug-likeness (QED) is 0.317. The fraction of sp³-hybridized carbons (Fsp3) is 0.526. The van der Waals surface area contributed by atoms with Crippen LogP contribution >= 0.6 is 0 Å². The summed E-state index contributed by atoms with van der Waals surface area (Å²) in [7, 11) is 0. The van der Waals surface area contributed by atoms with Crippen LogP contribution in [0.5, 0.6) is 0 Å². The molecule has 0 saturated carbocycles. The van der Waals surface area contributed by atoms with E-state index in [0.29, 0.717) is 12.2 Å². The smallest absolute Gasteiger partial charge is 0.333 e. The summed E-state index contributed by atoms with van der Waals surface area (Å²) in [6, 6.07) is 0. The van der Waals surface area contributed by atoms with Crippen LogP contribution in [0.2, 0.25) is 0 Å². The van der Waals surface area contributed by atoms with E-state index >= 15 is 0 Å². The third kappa shape index (κ3) is 11.9. The first-order valence-corrected chi connectivity index (χ1v) is 7.60. The standard InChI is InChI=1S/C19H30O2/c1-15(2)9-7-10-17(5)11-8-12-18(6)13-14-21-19(20)16(3)4/h9,11,13H,3,7-8,10,12,14H2,1-2,4-6H3/b17-11+,18-13+. The van der Waals surface area contributed by atoms with Crippen LogP contribution < -0.4 is 0 Å². The second-order valence-electron chi connectivity index (χ2n) is 5.84. The third-order valence-corrected chi connectivity index (χ3v) is 3.12. The molecule has 0 aliphatic carbocycles. The molecule has 0 heterocycles. The lowest BCUT2D eigenvalue weighted by Gasteiger charge is -2.03. The van der Waals surface area contributed by atoms with E-state index in [1.54, 1.807) is 6.92 Å². The van der Waals surface area contributed by atoms with Gasteiger partial charge >= 0.3 is 5.97 Å². The minimum Gasteiger partial charge on any atom is -0.458 e. The zero-order chi connectivity index (χ0) is 16.3. The van der Waals surface area contributed by atoms with E-state index < -0.39 is 0 Å². The van der Waals surface area contributed by atoms with Gasteiger partial charge < -0.3 is 4.74 Å². The van der Waals surface area contributed by atoms with Gasteiger partial charge in [0, 0.05) is 5.57 Å². The van der Waals surface area contributed by atoms with Crippen LogP contribution in [0, 0.1) is 0 Å². The van der Waals surface area contributed by atoms with Crippen LogP contribution in [0.15, 0.2) is 47.1 Å². The number of carbonyl (C=O) groups excluding carboxylic acids is 1. The van der Waals surface area contributed by atoms with E-state index in [0.717, 1.165) is 25.7 Å². The Morgan fingerprint density at radius 1 is 0.905 bits per heavy atom. The molecular weight excluding hydrogens is 260 g/mol. The predicted molar refractivity (Wildman–Crippen MR) is 91.2 cm³/mol. The molecule has 0 fully saturated rings. The topological polar surface area (TPSA) is 26.3 Å². The van der Waals surface area contributed by atoms with Gasteiger partial charge in [0.25, 0.3) is 0 Å². The van der Waals surface area contributed by atoms with Gasteiger partial charge in [-0.2, -0.15) is 0 Å². The molecule has 118 valence electrons. The molecule has 0 aromatic heterocycles. The monoisotopic (exact) mass is 290 g/mol. The minimum atomic E-state index is -0.325. The van der Waals surface area contributed by atoms with Crippen LogP contribution in [0.4, 0.5) is 0 Å². The molecule has 0 rings (SSSR count). The van der Waals surface area contributed by atoms with Crippen molar-refractivity contribution in [1.82, 2.24) is 0 Å². The first-order valence-electron chi connectivity index (χ1n) is 7.60. The van der Waals surface area contributed by atoms with Crippen molar-refractivity contribution in [2.75, 3.05) is 6.61 Å². The van der Waals surface area contributed by atoms with Crippen molar-refractivity contribution in [2.24, 2.45) is 0 Å². The highest BCUT2D eigenvalue weighted by Gasteiger charge is 2.00. The van der Waals surface area contributed by atoms with Gasteiger partial charge in [0.15, 0.2) is 0 Å². The Kier molecular flexibility index (Phi) is 10.3. The van der Waals surface area contributed by atoms with Crippen LogP contribution in [-0.4, -0.2) is 12.6 Å². The Morgan fingerprint density at radius 2 is 1.43 bits per heavy atom. The zero-order valence-electron chi connectivity index (χ0n) is 14.3. The maximum absolute atomic E-state index is 11.2. The second-order valence-corrected chi connectivity index (χ2v) is 5.84. The molecule has 0 aromatic carbocycles. The Hall–Kier alpha value is -1.57. The summed E-state index contributed by atoms with van der Waals surface area (Å²) in [6.07, 6.45) is 10.8. The molecule has 0 aliphatic rings. The largest absolute Gasteiger partial charge is 0.458 e. The van der Waals surface area contributed by atoms with E-state index in [1.165, 1.54) is 16.7 Å². The van der Waals surface area contributed by atoms with E-state index in [9.17, 15) is 4.79 Å². The van der Waals surface area contributed by atoms with E-state index in [2.05, 4.69) is 46.4 Å². The summed E-state index contributed by atoms with van der Waals surface area (Å²) in [5.41, 5.74) is 4.51. The molecule has 2 nitrogen and oxygen atoms in total. The highest BCUT2D eigenvalue weighted by atomic mass is 16.5. The summed E-state index contributed by atoms with van der Waals surface area (Å²) in [5, 5.41) is 0. The normalized spacial score (nSPS) is 12.0. The van der Waals surface area contributed by atoms with Crippen molar-refractivity contribution in [3.05, 3.63) is 47.1 Å². The highest BCUT2D eigenvalue weighted by molar-refractivity contribution is 5.86. The third-order valence-electron chi connectivity index (χ3n) is 3.12. The summed E-state index contributed by atoms with van der Waals surface area (Å²) >= 11 is 0. The number of carbonyl (C=O) groups is 1. The summed E-state index contributed by atoms with van der Waals surface area (Å²) in [4.78, 5) is 11.2.